The highest BCUT2D eigenvalue weighted by molar-refractivity contribution is 5.88. The topological polar surface area (TPSA) is 26.3 Å². The number of rotatable bonds is 3. The van der Waals surface area contributed by atoms with Gasteiger partial charge < -0.3 is 4.74 Å². The summed E-state index contributed by atoms with van der Waals surface area (Å²) in [5.41, 5.74) is 0. The maximum atomic E-state index is 10.7. The molecule has 0 fully saturated rings. The summed E-state index contributed by atoms with van der Waals surface area (Å²) >= 11 is 0. The van der Waals surface area contributed by atoms with E-state index in [9.17, 15) is 4.79 Å². The molecule has 0 aliphatic heterocycles. The first-order valence-corrected chi connectivity index (χ1v) is 4.32. The van der Waals surface area contributed by atoms with Gasteiger partial charge in [0.25, 0.3) is 0 Å². The lowest BCUT2D eigenvalue weighted by atomic mass is 10.1. The molecule has 12 heavy (non-hydrogen) atoms. The van der Waals surface area contributed by atoms with E-state index >= 15 is 0 Å². The van der Waals surface area contributed by atoms with Crippen LogP contribution in [0.4, 0.5) is 0 Å². The van der Waals surface area contributed by atoms with Crippen molar-refractivity contribution in [3.63, 3.8) is 0 Å². The fraction of sp³-hybridized carbons (Fsp3) is 0.700. The van der Waals surface area contributed by atoms with E-state index in [1.807, 2.05) is 0 Å². The molecule has 2 nitrogen and oxygen atoms in total. The van der Waals surface area contributed by atoms with Gasteiger partial charge in [-0.3, -0.25) is 0 Å². The molecule has 0 heterocycles. The zero-order valence-electron chi connectivity index (χ0n) is 8.02. The van der Waals surface area contributed by atoms with E-state index in [0.717, 1.165) is 12.8 Å². The van der Waals surface area contributed by atoms with Crippen molar-refractivity contribution in [3.05, 3.63) is 0 Å². The summed E-state index contributed by atoms with van der Waals surface area (Å²) in [6, 6.07) is 0. The summed E-state index contributed by atoms with van der Waals surface area (Å²) in [5.74, 6) is 5.43. The van der Waals surface area contributed by atoms with Gasteiger partial charge in [-0.1, -0.05) is 19.8 Å². The van der Waals surface area contributed by atoms with Crippen LogP contribution in [-0.4, -0.2) is 12.6 Å². The van der Waals surface area contributed by atoms with E-state index in [0.29, 0.717) is 12.5 Å². The summed E-state index contributed by atoms with van der Waals surface area (Å²) in [5, 5.41) is 0. The Morgan fingerprint density at radius 1 is 1.50 bits per heavy atom. The minimum absolute atomic E-state index is 0.400. The second-order valence-corrected chi connectivity index (χ2v) is 2.95. The molecule has 2 heteroatoms. The lowest BCUT2D eigenvalue weighted by molar-refractivity contribution is -0.136. The third-order valence-electron chi connectivity index (χ3n) is 1.31. The maximum absolute atomic E-state index is 10.7. The van der Waals surface area contributed by atoms with Crippen LogP contribution in [-0.2, 0) is 9.53 Å². The number of ether oxygens (including phenoxy) is 1. The molecule has 0 saturated carbocycles. The molecule has 0 aromatic heterocycles. The summed E-state index contributed by atoms with van der Waals surface area (Å²) in [6.45, 7) is 6.43. The molecule has 0 rings (SSSR count). The average Bonchev–Trinajstić information content (AvgIpc) is 1.98. The standard InChI is InChI=1S/C10H16O2/c1-4-12-10(11)8-6-5-7-9(2)3/h9H,4-5,7H2,1-3H3. The van der Waals surface area contributed by atoms with Crippen molar-refractivity contribution in [2.75, 3.05) is 6.61 Å². The molecule has 0 amide bonds. The first-order chi connectivity index (χ1) is 5.66. The van der Waals surface area contributed by atoms with Crippen LogP contribution in [0.5, 0.6) is 0 Å². The molecule has 0 saturated heterocycles. The van der Waals surface area contributed by atoms with Crippen LogP contribution >= 0.6 is 0 Å². The Balaban J connectivity index is 3.51. The Kier molecular flexibility index (Phi) is 6.18. The van der Waals surface area contributed by atoms with Gasteiger partial charge in [0, 0.05) is 12.3 Å². The molecule has 0 N–H and O–H groups in total. The number of esters is 1. The van der Waals surface area contributed by atoms with Crippen LogP contribution in [0, 0.1) is 17.8 Å². The summed E-state index contributed by atoms with van der Waals surface area (Å²) in [6.07, 6.45) is 1.81. The van der Waals surface area contributed by atoms with E-state index in [1.54, 1.807) is 6.92 Å². The van der Waals surface area contributed by atoms with Gasteiger partial charge in [0.2, 0.25) is 0 Å². The van der Waals surface area contributed by atoms with E-state index in [1.165, 1.54) is 0 Å². The van der Waals surface area contributed by atoms with Gasteiger partial charge >= 0.3 is 5.97 Å². The Hall–Kier alpha value is -0.970. The second kappa shape index (κ2) is 6.72. The highest BCUT2D eigenvalue weighted by Crippen LogP contribution is 2.01. The van der Waals surface area contributed by atoms with Gasteiger partial charge in [-0.15, -0.1) is 0 Å². The summed E-state index contributed by atoms with van der Waals surface area (Å²) in [7, 11) is 0. The van der Waals surface area contributed by atoms with E-state index in [2.05, 4.69) is 30.4 Å². The van der Waals surface area contributed by atoms with Crippen LogP contribution in [0.2, 0.25) is 0 Å². The molecule has 0 aromatic carbocycles. The maximum Gasteiger partial charge on any atom is 0.384 e. The molecule has 68 valence electrons. The Bertz CT molecular complexity index is 184. The molecule has 0 unspecified atom stereocenters. The zero-order valence-corrected chi connectivity index (χ0v) is 8.02. The Morgan fingerprint density at radius 2 is 2.17 bits per heavy atom. The minimum atomic E-state index is -0.416. The third-order valence-corrected chi connectivity index (χ3v) is 1.31. The molecular formula is C10H16O2. The van der Waals surface area contributed by atoms with Crippen LogP contribution in [0.1, 0.15) is 33.6 Å². The average molecular weight is 168 g/mol. The number of hydrogen-bond acceptors (Lipinski definition) is 2. The quantitative estimate of drug-likeness (QED) is 0.366. The normalized spacial score (nSPS) is 9.00. The smallest absolute Gasteiger partial charge is 0.384 e. The van der Waals surface area contributed by atoms with Crippen molar-refractivity contribution < 1.29 is 9.53 Å². The molecule has 0 aromatic rings. The van der Waals surface area contributed by atoms with Crippen molar-refractivity contribution in [3.8, 4) is 11.8 Å². The monoisotopic (exact) mass is 168 g/mol. The van der Waals surface area contributed by atoms with Crippen LogP contribution in [0.15, 0.2) is 0 Å². The fourth-order valence-electron chi connectivity index (χ4n) is 0.663. The van der Waals surface area contributed by atoms with Gasteiger partial charge in [0.15, 0.2) is 0 Å². The molecule has 0 bridgehead atoms. The second-order valence-electron chi connectivity index (χ2n) is 2.95. The van der Waals surface area contributed by atoms with Crippen LogP contribution in [0.3, 0.4) is 0 Å². The van der Waals surface area contributed by atoms with Gasteiger partial charge in [-0.2, -0.15) is 0 Å². The van der Waals surface area contributed by atoms with E-state index in [-0.39, 0.29) is 0 Å². The highest BCUT2D eigenvalue weighted by atomic mass is 16.5. The fourth-order valence-corrected chi connectivity index (χ4v) is 0.663. The molecule has 0 aliphatic rings. The van der Waals surface area contributed by atoms with Crippen molar-refractivity contribution in [1.82, 2.24) is 0 Å². The van der Waals surface area contributed by atoms with E-state index in [4.69, 9.17) is 0 Å². The van der Waals surface area contributed by atoms with Crippen molar-refractivity contribution in [1.29, 1.82) is 0 Å². The lowest BCUT2D eigenvalue weighted by Crippen LogP contribution is -1.99. The van der Waals surface area contributed by atoms with E-state index < -0.39 is 5.97 Å². The zero-order chi connectivity index (χ0) is 9.40. The third kappa shape index (κ3) is 7.14. The van der Waals surface area contributed by atoms with Gasteiger partial charge in [-0.05, 0) is 19.3 Å². The lowest BCUT2D eigenvalue weighted by Gasteiger charge is -1.96. The summed E-state index contributed by atoms with van der Waals surface area (Å²) < 4.78 is 4.64. The van der Waals surface area contributed by atoms with Crippen molar-refractivity contribution in [2.24, 2.45) is 5.92 Å². The predicted octanol–water partition coefficient (Wildman–Crippen LogP) is 1.99. The minimum Gasteiger partial charge on any atom is -0.456 e. The first-order valence-electron chi connectivity index (χ1n) is 4.32. The predicted molar refractivity (Wildman–Crippen MR) is 48.5 cm³/mol. The first kappa shape index (κ1) is 11.0. The molecular weight excluding hydrogens is 152 g/mol. The van der Waals surface area contributed by atoms with Crippen LogP contribution in [0.25, 0.3) is 0 Å². The number of hydrogen-bond donors (Lipinski definition) is 0. The van der Waals surface area contributed by atoms with Gasteiger partial charge in [-0.25, -0.2) is 4.79 Å². The molecule has 0 atom stereocenters. The van der Waals surface area contributed by atoms with Gasteiger partial charge in [0.1, 0.15) is 0 Å². The molecule has 0 spiro atoms. The SMILES string of the molecule is CCOC(=O)C#CCCC(C)C. The number of carbonyl (C=O) groups excluding carboxylic acids is 1. The molecule has 0 aliphatic carbocycles. The van der Waals surface area contributed by atoms with Crippen molar-refractivity contribution in [2.45, 2.75) is 33.6 Å². The summed E-state index contributed by atoms with van der Waals surface area (Å²) in [4.78, 5) is 10.7. The van der Waals surface area contributed by atoms with Gasteiger partial charge in [0.05, 0.1) is 6.61 Å². The molecule has 0 radical (unpaired) electrons. The Morgan fingerprint density at radius 3 is 2.67 bits per heavy atom. The highest BCUT2D eigenvalue weighted by Gasteiger charge is 1.92. The van der Waals surface area contributed by atoms with Crippen molar-refractivity contribution >= 4 is 5.97 Å². The Labute approximate surface area is 74.3 Å². The largest absolute Gasteiger partial charge is 0.456 e. The van der Waals surface area contributed by atoms with Crippen LogP contribution < -0.4 is 0 Å². The number of carbonyl (C=O) groups is 1.